The molecule has 3 heteroatoms. The van der Waals surface area contributed by atoms with Gasteiger partial charge in [0.05, 0.1) is 5.69 Å². The summed E-state index contributed by atoms with van der Waals surface area (Å²) in [5.74, 6) is 0.348. The number of nitrogens with two attached hydrogens (primary N) is 1. The zero-order valence-corrected chi connectivity index (χ0v) is 12.3. The van der Waals surface area contributed by atoms with Gasteiger partial charge in [-0.1, -0.05) is 48.5 Å². The number of aromatic nitrogens is 1. The predicted octanol–water partition coefficient (Wildman–Crippen LogP) is 4.02. The van der Waals surface area contributed by atoms with Crippen molar-refractivity contribution >= 4 is 11.0 Å². The minimum absolute atomic E-state index is 0.348. The fraction of sp³-hybridized carbons (Fsp3) is 0.278. The maximum absolute atomic E-state index is 5.84. The third kappa shape index (κ3) is 2.69. The van der Waals surface area contributed by atoms with Crippen LogP contribution in [0, 0.1) is 0 Å². The van der Waals surface area contributed by atoms with Crippen LogP contribution in [0.1, 0.15) is 36.1 Å². The van der Waals surface area contributed by atoms with Gasteiger partial charge < -0.3 is 10.3 Å². The lowest BCUT2D eigenvalue weighted by Gasteiger charge is -2.15. The molecule has 0 saturated heterocycles. The fourth-order valence-corrected chi connectivity index (χ4v) is 2.86. The van der Waals surface area contributed by atoms with E-state index in [0.717, 1.165) is 29.5 Å². The third-order valence-electron chi connectivity index (χ3n) is 4.09. The van der Waals surface area contributed by atoms with E-state index in [4.69, 9.17) is 10.3 Å². The number of nitrogens with zero attached hydrogens (tertiary/aromatic N) is 1. The van der Waals surface area contributed by atoms with Crippen LogP contribution in [0.2, 0.25) is 0 Å². The van der Waals surface area contributed by atoms with Crippen LogP contribution in [0.3, 0.4) is 0 Å². The first-order valence-electron chi connectivity index (χ1n) is 7.44. The smallest absolute Gasteiger partial charge is 0.167 e. The van der Waals surface area contributed by atoms with Gasteiger partial charge in [-0.2, -0.15) is 0 Å². The summed E-state index contributed by atoms with van der Waals surface area (Å²) in [7, 11) is 0. The first-order valence-corrected chi connectivity index (χ1v) is 7.44. The lowest BCUT2D eigenvalue weighted by atomic mass is 9.90. The Labute approximate surface area is 124 Å². The normalized spacial score (nSPS) is 12.7. The average molecular weight is 280 g/mol. The summed E-state index contributed by atoms with van der Waals surface area (Å²) in [5.41, 5.74) is 10.3. The van der Waals surface area contributed by atoms with Crippen LogP contribution in [0.5, 0.6) is 0 Å². The number of para-hydroxylation sites is 1. The minimum atomic E-state index is 0.348. The van der Waals surface area contributed by atoms with Crippen molar-refractivity contribution in [3.8, 4) is 0 Å². The van der Waals surface area contributed by atoms with E-state index in [1.807, 2.05) is 24.3 Å². The van der Waals surface area contributed by atoms with E-state index in [1.165, 1.54) is 11.1 Å². The van der Waals surface area contributed by atoms with Gasteiger partial charge in [-0.3, -0.25) is 0 Å². The summed E-state index contributed by atoms with van der Waals surface area (Å²) in [6.45, 7) is 2.77. The van der Waals surface area contributed by atoms with Crippen molar-refractivity contribution in [2.75, 3.05) is 0 Å². The molecule has 2 aromatic carbocycles. The molecule has 1 heterocycles. The number of benzene rings is 2. The van der Waals surface area contributed by atoms with Crippen molar-refractivity contribution < 1.29 is 4.52 Å². The zero-order valence-electron chi connectivity index (χ0n) is 12.3. The summed E-state index contributed by atoms with van der Waals surface area (Å²) in [6, 6.07) is 16.4. The van der Waals surface area contributed by atoms with Crippen molar-refractivity contribution in [3.05, 3.63) is 65.4 Å². The first-order chi connectivity index (χ1) is 10.3. The molecule has 21 heavy (non-hydrogen) atoms. The van der Waals surface area contributed by atoms with E-state index in [2.05, 4.69) is 36.3 Å². The van der Waals surface area contributed by atoms with E-state index in [1.54, 1.807) is 0 Å². The second-order valence-electron chi connectivity index (χ2n) is 5.35. The van der Waals surface area contributed by atoms with Crippen LogP contribution in [0.4, 0.5) is 0 Å². The second kappa shape index (κ2) is 6.10. The standard InChI is InChI=1S/C18H20N2O/c1-2-13(11-14-7-3-4-8-15(14)12-19)18-16-9-5-6-10-17(16)21-20-18/h3-10,13H,2,11-12,19H2,1H3. The maximum atomic E-state index is 5.84. The van der Waals surface area contributed by atoms with Gasteiger partial charge in [0.15, 0.2) is 5.58 Å². The van der Waals surface area contributed by atoms with Crippen LogP contribution < -0.4 is 5.73 Å². The maximum Gasteiger partial charge on any atom is 0.167 e. The molecule has 1 aromatic heterocycles. The molecule has 2 N–H and O–H groups in total. The quantitative estimate of drug-likeness (QED) is 0.768. The second-order valence-corrected chi connectivity index (χ2v) is 5.35. The van der Waals surface area contributed by atoms with Gasteiger partial charge in [-0.15, -0.1) is 0 Å². The molecule has 3 aromatic rings. The summed E-state index contributed by atoms with van der Waals surface area (Å²) < 4.78 is 5.45. The van der Waals surface area contributed by atoms with Crippen LogP contribution in [-0.2, 0) is 13.0 Å². The molecular weight excluding hydrogens is 260 g/mol. The molecule has 0 bridgehead atoms. The monoisotopic (exact) mass is 280 g/mol. The molecule has 1 atom stereocenters. The fourth-order valence-electron chi connectivity index (χ4n) is 2.86. The van der Waals surface area contributed by atoms with Crippen molar-refractivity contribution in [1.82, 2.24) is 5.16 Å². The Bertz CT molecular complexity index is 733. The molecule has 0 saturated carbocycles. The lowest BCUT2D eigenvalue weighted by molar-refractivity contribution is 0.433. The van der Waals surface area contributed by atoms with Crippen LogP contribution >= 0.6 is 0 Å². The SMILES string of the molecule is CCC(Cc1ccccc1CN)c1noc2ccccc12. The summed E-state index contributed by atoms with van der Waals surface area (Å²) in [5, 5.41) is 5.43. The zero-order chi connectivity index (χ0) is 14.7. The highest BCUT2D eigenvalue weighted by molar-refractivity contribution is 5.79. The van der Waals surface area contributed by atoms with E-state index in [-0.39, 0.29) is 0 Å². The lowest BCUT2D eigenvalue weighted by Crippen LogP contribution is -2.07. The highest BCUT2D eigenvalue weighted by atomic mass is 16.5. The van der Waals surface area contributed by atoms with Crippen molar-refractivity contribution in [2.24, 2.45) is 5.73 Å². The van der Waals surface area contributed by atoms with Gasteiger partial charge in [0.1, 0.15) is 0 Å². The molecule has 0 aliphatic rings. The molecule has 0 aliphatic carbocycles. The van der Waals surface area contributed by atoms with Gasteiger partial charge in [-0.25, -0.2) is 0 Å². The Morgan fingerprint density at radius 1 is 1.05 bits per heavy atom. The molecule has 108 valence electrons. The predicted molar refractivity (Wildman–Crippen MR) is 85.1 cm³/mol. The number of hydrogen-bond acceptors (Lipinski definition) is 3. The molecular formula is C18H20N2O. The van der Waals surface area contributed by atoms with Crippen LogP contribution in [0.15, 0.2) is 53.1 Å². The third-order valence-corrected chi connectivity index (χ3v) is 4.09. The highest BCUT2D eigenvalue weighted by Gasteiger charge is 2.18. The van der Waals surface area contributed by atoms with Gasteiger partial charge in [-0.05, 0) is 36.1 Å². The van der Waals surface area contributed by atoms with Crippen LogP contribution in [-0.4, -0.2) is 5.16 Å². The molecule has 0 amide bonds. The molecule has 0 aliphatic heterocycles. The Hall–Kier alpha value is -2.13. The highest BCUT2D eigenvalue weighted by Crippen LogP contribution is 2.30. The molecule has 0 spiro atoms. The summed E-state index contributed by atoms with van der Waals surface area (Å²) >= 11 is 0. The van der Waals surface area contributed by atoms with E-state index < -0.39 is 0 Å². The number of fused-ring (bicyclic) bond motifs is 1. The summed E-state index contributed by atoms with van der Waals surface area (Å²) in [4.78, 5) is 0. The van der Waals surface area contributed by atoms with Crippen molar-refractivity contribution in [3.63, 3.8) is 0 Å². The molecule has 1 unspecified atom stereocenters. The Balaban J connectivity index is 1.95. The molecule has 0 radical (unpaired) electrons. The minimum Gasteiger partial charge on any atom is -0.356 e. The molecule has 3 rings (SSSR count). The Kier molecular flexibility index (Phi) is 4.02. The van der Waals surface area contributed by atoms with Gasteiger partial charge in [0.2, 0.25) is 0 Å². The van der Waals surface area contributed by atoms with Crippen LogP contribution in [0.25, 0.3) is 11.0 Å². The van der Waals surface area contributed by atoms with E-state index >= 15 is 0 Å². The Morgan fingerprint density at radius 3 is 2.52 bits per heavy atom. The summed E-state index contributed by atoms with van der Waals surface area (Å²) in [6.07, 6.45) is 1.97. The Morgan fingerprint density at radius 2 is 1.76 bits per heavy atom. The van der Waals surface area contributed by atoms with Crippen molar-refractivity contribution in [2.45, 2.75) is 32.2 Å². The largest absolute Gasteiger partial charge is 0.356 e. The van der Waals surface area contributed by atoms with Gasteiger partial charge >= 0.3 is 0 Å². The first kappa shape index (κ1) is 13.8. The number of hydrogen-bond donors (Lipinski definition) is 1. The van der Waals surface area contributed by atoms with E-state index in [0.29, 0.717) is 12.5 Å². The van der Waals surface area contributed by atoms with Crippen molar-refractivity contribution in [1.29, 1.82) is 0 Å². The molecule has 3 nitrogen and oxygen atoms in total. The molecule has 0 fully saturated rings. The van der Waals surface area contributed by atoms with Gasteiger partial charge in [0, 0.05) is 17.8 Å². The topological polar surface area (TPSA) is 52.0 Å². The van der Waals surface area contributed by atoms with E-state index in [9.17, 15) is 0 Å². The van der Waals surface area contributed by atoms with Gasteiger partial charge in [0.25, 0.3) is 0 Å². The number of rotatable bonds is 5. The average Bonchev–Trinajstić information content (AvgIpc) is 2.97.